The topological polar surface area (TPSA) is 58.6 Å². The smallest absolute Gasteiger partial charge is 0.416 e. The van der Waals surface area contributed by atoms with Crippen molar-refractivity contribution in [3.05, 3.63) is 71.4 Å². The lowest BCUT2D eigenvalue weighted by Gasteiger charge is -2.35. The van der Waals surface area contributed by atoms with Crippen LogP contribution in [0.25, 0.3) is 11.3 Å². The van der Waals surface area contributed by atoms with Crippen LogP contribution in [0.1, 0.15) is 28.4 Å². The minimum Gasteiger partial charge on any atom is -0.494 e. The lowest BCUT2D eigenvalue weighted by atomic mass is 10.0. The molecule has 0 atom stereocenters. The van der Waals surface area contributed by atoms with Gasteiger partial charge < -0.3 is 14.5 Å². The zero-order chi connectivity index (χ0) is 26.8. The van der Waals surface area contributed by atoms with Gasteiger partial charge in [0.05, 0.1) is 23.4 Å². The lowest BCUT2D eigenvalue weighted by molar-refractivity contribution is -0.143. The molecule has 0 spiro atoms. The highest BCUT2D eigenvalue weighted by atomic mass is 19.4. The monoisotopic (exact) mass is 524 g/mol. The molecule has 0 unspecified atom stereocenters. The van der Waals surface area contributed by atoms with Crippen molar-refractivity contribution in [2.75, 3.05) is 37.7 Å². The van der Waals surface area contributed by atoms with Crippen LogP contribution in [-0.4, -0.2) is 53.6 Å². The summed E-state index contributed by atoms with van der Waals surface area (Å²) in [5.41, 5.74) is -2.21. The van der Waals surface area contributed by atoms with Crippen LogP contribution in [0.3, 0.4) is 0 Å². The number of hydrogen-bond donors (Lipinski definition) is 0. The fourth-order valence-electron chi connectivity index (χ4n) is 3.92. The number of nitrogens with zero attached hydrogens (tertiary/aromatic N) is 4. The van der Waals surface area contributed by atoms with Gasteiger partial charge in [-0.1, -0.05) is 0 Å². The quantitative estimate of drug-likeness (QED) is 0.410. The third-order valence-corrected chi connectivity index (χ3v) is 5.79. The predicted molar refractivity (Wildman–Crippen MR) is 123 cm³/mol. The summed E-state index contributed by atoms with van der Waals surface area (Å²) >= 11 is 0. The fraction of sp³-hybridized carbons (Fsp3) is 0.320. The highest BCUT2D eigenvalue weighted by Crippen LogP contribution is 2.36. The second-order valence-corrected chi connectivity index (χ2v) is 8.27. The van der Waals surface area contributed by atoms with E-state index in [0.717, 1.165) is 11.3 Å². The first-order valence-corrected chi connectivity index (χ1v) is 11.4. The predicted octanol–water partition coefficient (Wildman–Crippen LogP) is 5.54. The van der Waals surface area contributed by atoms with E-state index in [1.165, 1.54) is 4.90 Å². The summed E-state index contributed by atoms with van der Waals surface area (Å²) < 4.78 is 84.5. The molecule has 1 aliphatic rings. The van der Waals surface area contributed by atoms with Crippen molar-refractivity contribution >= 4 is 11.9 Å². The van der Waals surface area contributed by atoms with Crippen LogP contribution in [0.5, 0.6) is 5.75 Å². The van der Waals surface area contributed by atoms with Crippen LogP contribution in [0, 0.1) is 0 Å². The molecule has 0 N–H and O–H groups in total. The van der Waals surface area contributed by atoms with Crippen molar-refractivity contribution in [1.29, 1.82) is 0 Å². The normalized spacial score (nSPS) is 14.6. The molecule has 1 aromatic heterocycles. The summed E-state index contributed by atoms with van der Waals surface area (Å²) in [6.45, 7) is 3.09. The number of hydrogen-bond acceptors (Lipinski definition) is 5. The van der Waals surface area contributed by atoms with Gasteiger partial charge in [0.25, 0.3) is 5.91 Å². The largest absolute Gasteiger partial charge is 0.494 e. The van der Waals surface area contributed by atoms with Gasteiger partial charge in [0.1, 0.15) is 5.75 Å². The Labute approximate surface area is 208 Å². The van der Waals surface area contributed by atoms with Crippen LogP contribution >= 0.6 is 0 Å². The molecule has 1 amide bonds. The minimum absolute atomic E-state index is 0.00339. The number of benzene rings is 2. The van der Waals surface area contributed by atoms with E-state index in [1.54, 1.807) is 17.2 Å². The van der Waals surface area contributed by atoms with Crippen molar-refractivity contribution in [2.24, 2.45) is 0 Å². The Hall–Kier alpha value is -3.83. The van der Waals surface area contributed by atoms with Crippen LogP contribution in [0.4, 0.5) is 32.3 Å². The number of carbonyl (C=O) groups is 1. The molecule has 6 nitrogen and oxygen atoms in total. The SMILES string of the molecule is CCOc1ccc(-c2ccnc(N3CCN(C(=O)c4cc(C(F)(F)F)cc(C(F)(F)F)c4)CC3)n2)cc1. The van der Waals surface area contributed by atoms with Gasteiger partial charge in [-0.25, -0.2) is 9.97 Å². The highest BCUT2D eigenvalue weighted by molar-refractivity contribution is 5.95. The Morgan fingerprint density at radius 1 is 0.892 bits per heavy atom. The summed E-state index contributed by atoms with van der Waals surface area (Å²) in [5, 5.41) is 0. The second-order valence-electron chi connectivity index (χ2n) is 8.27. The molecule has 2 aromatic carbocycles. The van der Waals surface area contributed by atoms with Gasteiger partial charge in [-0.05, 0) is 55.5 Å². The summed E-state index contributed by atoms with van der Waals surface area (Å²) in [4.78, 5) is 24.7. The first-order chi connectivity index (χ1) is 17.5. The summed E-state index contributed by atoms with van der Waals surface area (Å²) in [5.74, 6) is 0.224. The highest BCUT2D eigenvalue weighted by Gasteiger charge is 2.38. The molecule has 196 valence electrons. The number of alkyl halides is 6. The first-order valence-electron chi connectivity index (χ1n) is 11.4. The second kappa shape index (κ2) is 10.3. The van der Waals surface area contributed by atoms with E-state index >= 15 is 0 Å². The molecule has 0 radical (unpaired) electrons. The number of aromatic nitrogens is 2. The molecule has 2 heterocycles. The van der Waals surface area contributed by atoms with E-state index < -0.39 is 35.0 Å². The van der Waals surface area contributed by atoms with Gasteiger partial charge in [-0.15, -0.1) is 0 Å². The van der Waals surface area contributed by atoms with Gasteiger partial charge in [-0.2, -0.15) is 26.3 Å². The van der Waals surface area contributed by atoms with E-state index in [1.807, 2.05) is 31.2 Å². The van der Waals surface area contributed by atoms with E-state index in [-0.39, 0.29) is 32.2 Å². The number of rotatable bonds is 5. The molecular formula is C25H22F6N4O2. The first kappa shape index (κ1) is 26.2. The molecule has 1 aliphatic heterocycles. The maximum Gasteiger partial charge on any atom is 0.416 e. The Bertz CT molecular complexity index is 1220. The average molecular weight is 524 g/mol. The Morgan fingerprint density at radius 3 is 2.03 bits per heavy atom. The van der Waals surface area contributed by atoms with Crippen molar-refractivity contribution in [3.63, 3.8) is 0 Å². The van der Waals surface area contributed by atoms with Crippen molar-refractivity contribution in [2.45, 2.75) is 19.3 Å². The van der Waals surface area contributed by atoms with Crippen LogP contribution in [0.2, 0.25) is 0 Å². The molecule has 0 bridgehead atoms. The van der Waals surface area contributed by atoms with E-state index in [0.29, 0.717) is 30.4 Å². The van der Waals surface area contributed by atoms with Crippen LogP contribution < -0.4 is 9.64 Å². The molecular weight excluding hydrogens is 502 g/mol. The molecule has 0 saturated carbocycles. The number of anilines is 1. The molecule has 1 fully saturated rings. The average Bonchev–Trinajstić information content (AvgIpc) is 2.88. The van der Waals surface area contributed by atoms with Gasteiger partial charge >= 0.3 is 12.4 Å². The van der Waals surface area contributed by atoms with Gasteiger partial charge in [0, 0.05) is 43.5 Å². The number of piperazine rings is 1. The summed E-state index contributed by atoms with van der Waals surface area (Å²) in [7, 11) is 0. The summed E-state index contributed by atoms with van der Waals surface area (Å²) in [6.07, 6.45) is -8.46. The van der Waals surface area contributed by atoms with Gasteiger partial charge in [-0.3, -0.25) is 4.79 Å². The summed E-state index contributed by atoms with van der Waals surface area (Å²) in [6, 6.07) is 10.0. The Kier molecular flexibility index (Phi) is 7.28. The molecule has 12 heteroatoms. The standard InChI is InChI=1S/C25H22F6N4O2/c1-2-37-20-5-3-16(4-6-20)21-7-8-32-23(33-21)35-11-9-34(10-12-35)22(36)17-13-18(24(26,27)28)15-19(14-17)25(29,30)31/h3-8,13-15H,2,9-12H2,1H3. The number of halogens is 6. The third-order valence-electron chi connectivity index (χ3n) is 5.79. The van der Waals surface area contributed by atoms with E-state index in [4.69, 9.17) is 4.74 Å². The maximum absolute atomic E-state index is 13.2. The molecule has 0 aliphatic carbocycles. The Balaban J connectivity index is 1.48. The zero-order valence-corrected chi connectivity index (χ0v) is 19.6. The third kappa shape index (κ3) is 6.12. The fourth-order valence-corrected chi connectivity index (χ4v) is 3.92. The minimum atomic E-state index is -5.03. The number of ether oxygens (including phenoxy) is 1. The molecule has 37 heavy (non-hydrogen) atoms. The van der Waals surface area contributed by atoms with Crippen LogP contribution in [0.15, 0.2) is 54.7 Å². The number of carbonyl (C=O) groups excluding carboxylic acids is 1. The van der Waals surface area contributed by atoms with Gasteiger partial charge in [0.15, 0.2) is 0 Å². The molecule has 1 saturated heterocycles. The maximum atomic E-state index is 13.2. The number of amides is 1. The van der Waals surface area contributed by atoms with E-state index in [2.05, 4.69) is 9.97 Å². The molecule has 3 aromatic rings. The van der Waals surface area contributed by atoms with Crippen LogP contribution in [-0.2, 0) is 12.4 Å². The molecule has 4 rings (SSSR count). The van der Waals surface area contributed by atoms with Gasteiger partial charge in [0.2, 0.25) is 5.95 Å². The van der Waals surface area contributed by atoms with Crippen molar-refractivity contribution in [1.82, 2.24) is 14.9 Å². The lowest BCUT2D eigenvalue weighted by Crippen LogP contribution is -2.49. The Morgan fingerprint density at radius 2 is 1.49 bits per heavy atom. The van der Waals surface area contributed by atoms with E-state index in [9.17, 15) is 31.1 Å². The van der Waals surface area contributed by atoms with Crippen molar-refractivity contribution in [3.8, 4) is 17.0 Å². The zero-order valence-electron chi connectivity index (χ0n) is 19.6. The van der Waals surface area contributed by atoms with Crippen molar-refractivity contribution < 1.29 is 35.9 Å².